The molecule has 2 rings (SSSR count). The number of phenolic OH excluding ortho intramolecular Hbond substituents is 2. The molecule has 0 saturated heterocycles. The fraction of sp³-hybridized carbons (Fsp3) is 0.200. The Balaban J connectivity index is 2.05. The zero-order chi connectivity index (χ0) is 20.7. The zero-order valence-corrected chi connectivity index (χ0v) is 15.3. The molecular formula is C20H20O8. The Morgan fingerprint density at radius 3 is 2.14 bits per heavy atom. The molecule has 0 spiro atoms. The van der Waals surface area contributed by atoms with Gasteiger partial charge in [0.2, 0.25) is 6.10 Å². The first kappa shape index (κ1) is 20.6. The summed E-state index contributed by atoms with van der Waals surface area (Å²) in [6.07, 6.45) is 0.868. The summed E-state index contributed by atoms with van der Waals surface area (Å²) in [5.74, 6) is -1.89. The number of carboxylic acids is 1. The van der Waals surface area contributed by atoms with Crippen molar-refractivity contribution in [1.29, 1.82) is 0 Å². The summed E-state index contributed by atoms with van der Waals surface area (Å²) in [6.45, 7) is 0. The van der Waals surface area contributed by atoms with Gasteiger partial charge in [-0.15, -0.1) is 0 Å². The molecule has 8 heteroatoms. The largest absolute Gasteiger partial charge is 0.504 e. The van der Waals surface area contributed by atoms with Gasteiger partial charge in [0.1, 0.15) is 0 Å². The number of esters is 1. The van der Waals surface area contributed by atoms with Gasteiger partial charge in [-0.2, -0.15) is 0 Å². The Kier molecular flexibility index (Phi) is 6.86. The van der Waals surface area contributed by atoms with Crippen LogP contribution in [0.25, 0.3) is 6.08 Å². The van der Waals surface area contributed by atoms with Gasteiger partial charge in [-0.3, -0.25) is 0 Å². The molecule has 1 unspecified atom stereocenters. The molecule has 28 heavy (non-hydrogen) atoms. The van der Waals surface area contributed by atoms with Crippen molar-refractivity contribution < 1.29 is 39.1 Å². The van der Waals surface area contributed by atoms with E-state index in [1.165, 1.54) is 44.6 Å². The number of phenols is 2. The molecule has 0 fully saturated rings. The molecular weight excluding hydrogens is 368 g/mol. The standard InChI is InChI=1S/C20H20O8/c1-26-16-6-3-12(9-14(16)21)5-8-19(23)28-18(20(24)25)11-13-4-7-17(27-2)15(22)10-13/h3-10,18,21-22H,11H2,1-2H3,(H,24,25)/b8-5+. The number of methoxy groups -OCH3 is 2. The first-order valence-corrected chi connectivity index (χ1v) is 8.18. The number of aliphatic carboxylic acids is 1. The molecule has 0 saturated carbocycles. The molecule has 0 aliphatic rings. The summed E-state index contributed by atoms with van der Waals surface area (Å²) in [7, 11) is 2.81. The summed E-state index contributed by atoms with van der Waals surface area (Å²) in [5.41, 5.74) is 0.963. The van der Waals surface area contributed by atoms with Crippen molar-refractivity contribution in [2.24, 2.45) is 0 Å². The molecule has 148 valence electrons. The van der Waals surface area contributed by atoms with Crippen LogP contribution in [0.5, 0.6) is 23.0 Å². The van der Waals surface area contributed by atoms with Gasteiger partial charge >= 0.3 is 11.9 Å². The Morgan fingerprint density at radius 1 is 1.00 bits per heavy atom. The first-order valence-electron chi connectivity index (χ1n) is 8.18. The van der Waals surface area contributed by atoms with Gasteiger partial charge in [0.25, 0.3) is 0 Å². The number of carbonyl (C=O) groups excluding carboxylic acids is 1. The molecule has 0 aliphatic heterocycles. The second-order valence-electron chi connectivity index (χ2n) is 5.74. The van der Waals surface area contributed by atoms with E-state index in [9.17, 15) is 24.9 Å². The SMILES string of the molecule is COc1ccc(/C=C/C(=O)OC(Cc2ccc(OC)c(O)c2)C(=O)O)cc1O. The Hall–Kier alpha value is -3.68. The number of hydrogen-bond donors (Lipinski definition) is 3. The quantitative estimate of drug-likeness (QED) is 0.465. The van der Waals surface area contributed by atoms with Crippen LogP contribution in [-0.2, 0) is 20.7 Å². The minimum absolute atomic E-state index is 0.0965. The molecule has 2 aromatic rings. The van der Waals surface area contributed by atoms with E-state index in [0.717, 1.165) is 6.08 Å². The number of carboxylic acid groups (broad SMARTS) is 1. The van der Waals surface area contributed by atoms with Crippen LogP contribution in [0, 0.1) is 0 Å². The van der Waals surface area contributed by atoms with E-state index in [4.69, 9.17) is 14.2 Å². The van der Waals surface area contributed by atoms with Gasteiger partial charge in [0.15, 0.2) is 23.0 Å². The summed E-state index contributed by atoms with van der Waals surface area (Å²) in [5, 5.41) is 28.8. The predicted octanol–water partition coefficient (Wildman–Crippen LogP) is 2.37. The maximum Gasteiger partial charge on any atom is 0.345 e. The third kappa shape index (κ3) is 5.41. The maximum absolute atomic E-state index is 12.0. The third-order valence-electron chi connectivity index (χ3n) is 3.81. The normalized spacial score (nSPS) is 11.8. The van der Waals surface area contributed by atoms with E-state index in [2.05, 4.69) is 0 Å². The van der Waals surface area contributed by atoms with Crippen LogP contribution in [0.15, 0.2) is 42.5 Å². The van der Waals surface area contributed by atoms with Crippen LogP contribution >= 0.6 is 0 Å². The van der Waals surface area contributed by atoms with Crippen molar-refractivity contribution in [3.05, 3.63) is 53.6 Å². The highest BCUT2D eigenvalue weighted by Gasteiger charge is 2.22. The lowest BCUT2D eigenvalue weighted by atomic mass is 10.1. The van der Waals surface area contributed by atoms with Crippen molar-refractivity contribution >= 4 is 18.0 Å². The minimum atomic E-state index is -1.44. The number of hydrogen-bond acceptors (Lipinski definition) is 7. The number of ether oxygens (including phenoxy) is 3. The fourth-order valence-corrected chi connectivity index (χ4v) is 2.41. The van der Waals surface area contributed by atoms with Crippen LogP contribution in [0.4, 0.5) is 0 Å². The Labute approximate surface area is 161 Å². The predicted molar refractivity (Wildman–Crippen MR) is 99.6 cm³/mol. The van der Waals surface area contributed by atoms with E-state index in [-0.39, 0.29) is 29.4 Å². The van der Waals surface area contributed by atoms with Crippen LogP contribution in [0.3, 0.4) is 0 Å². The lowest BCUT2D eigenvalue weighted by Crippen LogP contribution is -2.28. The Bertz CT molecular complexity index is 888. The van der Waals surface area contributed by atoms with Gasteiger partial charge in [0, 0.05) is 12.5 Å². The number of carbonyl (C=O) groups is 2. The van der Waals surface area contributed by atoms with E-state index in [0.29, 0.717) is 11.1 Å². The van der Waals surface area contributed by atoms with Crippen molar-refractivity contribution in [2.75, 3.05) is 14.2 Å². The van der Waals surface area contributed by atoms with Crippen LogP contribution in [-0.4, -0.2) is 47.6 Å². The highest BCUT2D eigenvalue weighted by Crippen LogP contribution is 2.28. The van der Waals surface area contributed by atoms with Gasteiger partial charge in [-0.05, 0) is 41.5 Å². The van der Waals surface area contributed by atoms with Crippen LogP contribution in [0.2, 0.25) is 0 Å². The molecule has 3 N–H and O–H groups in total. The van der Waals surface area contributed by atoms with Gasteiger partial charge in [-0.1, -0.05) is 12.1 Å². The molecule has 0 amide bonds. The number of benzene rings is 2. The van der Waals surface area contributed by atoms with Crippen molar-refractivity contribution in [3.63, 3.8) is 0 Å². The van der Waals surface area contributed by atoms with Crippen molar-refractivity contribution in [2.45, 2.75) is 12.5 Å². The second-order valence-corrected chi connectivity index (χ2v) is 5.74. The number of aromatic hydroxyl groups is 2. The second kappa shape index (κ2) is 9.31. The summed E-state index contributed by atoms with van der Waals surface area (Å²) < 4.78 is 14.8. The van der Waals surface area contributed by atoms with Gasteiger partial charge in [-0.25, -0.2) is 9.59 Å². The molecule has 0 bridgehead atoms. The molecule has 0 radical (unpaired) electrons. The third-order valence-corrected chi connectivity index (χ3v) is 3.81. The molecule has 0 heterocycles. The van der Waals surface area contributed by atoms with Gasteiger partial charge in [0.05, 0.1) is 14.2 Å². The molecule has 1 atom stereocenters. The van der Waals surface area contributed by atoms with E-state index >= 15 is 0 Å². The highest BCUT2D eigenvalue weighted by atomic mass is 16.6. The topological polar surface area (TPSA) is 123 Å². The van der Waals surface area contributed by atoms with E-state index in [1.807, 2.05) is 0 Å². The zero-order valence-electron chi connectivity index (χ0n) is 15.3. The first-order chi connectivity index (χ1) is 13.3. The summed E-state index contributed by atoms with van der Waals surface area (Å²) in [4.78, 5) is 23.4. The number of rotatable bonds is 8. The smallest absolute Gasteiger partial charge is 0.345 e. The van der Waals surface area contributed by atoms with Crippen molar-refractivity contribution in [1.82, 2.24) is 0 Å². The summed E-state index contributed by atoms with van der Waals surface area (Å²) >= 11 is 0. The van der Waals surface area contributed by atoms with Crippen molar-refractivity contribution in [3.8, 4) is 23.0 Å². The molecule has 0 aromatic heterocycles. The van der Waals surface area contributed by atoms with E-state index in [1.54, 1.807) is 12.1 Å². The fourth-order valence-electron chi connectivity index (χ4n) is 2.41. The average molecular weight is 388 g/mol. The molecule has 8 nitrogen and oxygen atoms in total. The lowest BCUT2D eigenvalue weighted by molar-refractivity contribution is -0.160. The van der Waals surface area contributed by atoms with E-state index < -0.39 is 18.0 Å². The lowest BCUT2D eigenvalue weighted by Gasteiger charge is -2.13. The highest BCUT2D eigenvalue weighted by molar-refractivity contribution is 5.89. The monoisotopic (exact) mass is 388 g/mol. The van der Waals surface area contributed by atoms with Gasteiger partial charge < -0.3 is 29.5 Å². The molecule has 2 aromatic carbocycles. The summed E-state index contributed by atoms with van der Waals surface area (Å²) in [6, 6.07) is 8.92. The minimum Gasteiger partial charge on any atom is -0.504 e. The average Bonchev–Trinajstić information content (AvgIpc) is 2.66. The van der Waals surface area contributed by atoms with Crippen LogP contribution < -0.4 is 9.47 Å². The molecule has 0 aliphatic carbocycles. The maximum atomic E-state index is 12.0. The Morgan fingerprint density at radius 2 is 1.61 bits per heavy atom. The van der Waals surface area contributed by atoms with Crippen LogP contribution in [0.1, 0.15) is 11.1 Å².